The van der Waals surface area contributed by atoms with E-state index in [2.05, 4.69) is 72.1 Å². The van der Waals surface area contributed by atoms with E-state index < -0.39 is 0 Å². The van der Waals surface area contributed by atoms with E-state index in [1.807, 2.05) is 20.8 Å². The molecule has 5 heteroatoms. The number of anilines is 1. The lowest BCUT2D eigenvalue weighted by atomic mass is 9.92. The smallest absolute Gasteiger partial charge is 0.261 e. The minimum atomic E-state index is -0.188. The van der Waals surface area contributed by atoms with E-state index >= 15 is 0 Å². The number of para-hydroxylation sites is 1. The fourth-order valence-corrected chi connectivity index (χ4v) is 3.67. The molecule has 0 saturated carbocycles. The molecular weight excluding hydrogens is 416 g/mol. The molecule has 0 radical (unpaired) electrons. The van der Waals surface area contributed by atoms with E-state index in [9.17, 15) is 4.79 Å². The molecule has 2 rings (SSSR count). The highest BCUT2D eigenvalue weighted by atomic mass is 79.9. The van der Waals surface area contributed by atoms with Crippen molar-refractivity contribution in [3.63, 3.8) is 0 Å². The molecule has 0 saturated heterocycles. The second-order valence-electron chi connectivity index (χ2n) is 7.72. The first-order valence-electron chi connectivity index (χ1n) is 9.92. The van der Waals surface area contributed by atoms with Gasteiger partial charge in [0.2, 0.25) is 0 Å². The molecule has 0 aliphatic carbocycles. The van der Waals surface area contributed by atoms with Gasteiger partial charge in [-0.2, -0.15) is 0 Å². The number of aromatic nitrogens is 1. The number of amides is 1. The number of hydrogen-bond acceptors (Lipinski definition) is 3. The van der Waals surface area contributed by atoms with Crippen LogP contribution in [0.5, 0.6) is 5.75 Å². The number of halogens is 1. The molecule has 2 aromatic rings. The molecular formula is C23H31BrN2O2. The number of aryl methyl sites for hydroxylation is 2. The maximum absolute atomic E-state index is 13.4. The first-order chi connectivity index (χ1) is 13.2. The van der Waals surface area contributed by atoms with Crippen LogP contribution < -0.4 is 10.1 Å². The zero-order chi connectivity index (χ0) is 21.0. The van der Waals surface area contributed by atoms with Crippen LogP contribution in [0.2, 0.25) is 0 Å². The summed E-state index contributed by atoms with van der Waals surface area (Å²) in [5, 5.41) is 3.18. The molecule has 4 nitrogen and oxygen atoms in total. The Kier molecular flexibility index (Phi) is 7.64. The Morgan fingerprint density at radius 2 is 1.68 bits per heavy atom. The Morgan fingerprint density at radius 3 is 2.18 bits per heavy atom. The van der Waals surface area contributed by atoms with Crippen molar-refractivity contribution in [1.29, 1.82) is 0 Å². The lowest BCUT2D eigenvalue weighted by molar-refractivity contribution is 0.102. The molecule has 152 valence electrons. The standard InChI is InChI=1S/C23H31BrN2O2/c1-8-12-28-22-19(15(6)25-16(7)20(22)24)23(27)26-21-17(13(2)3)10-9-11-18(21)14(4)5/h9-11,13-14H,8,12H2,1-7H3,(H,26,27). The molecule has 0 atom stereocenters. The maximum atomic E-state index is 13.4. The molecule has 0 bridgehead atoms. The van der Waals surface area contributed by atoms with Gasteiger partial charge in [-0.05, 0) is 59.2 Å². The summed E-state index contributed by atoms with van der Waals surface area (Å²) >= 11 is 3.56. The molecule has 1 amide bonds. The number of ether oxygens (including phenoxy) is 1. The van der Waals surface area contributed by atoms with Gasteiger partial charge < -0.3 is 10.1 Å². The summed E-state index contributed by atoms with van der Waals surface area (Å²) in [6, 6.07) is 6.22. The van der Waals surface area contributed by atoms with Crippen molar-refractivity contribution in [3.05, 3.63) is 50.8 Å². The minimum Gasteiger partial charge on any atom is -0.491 e. The first-order valence-corrected chi connectivity index (χ1v) is 10.7. The van der Waals surface area contributed by atoms with Gasteiger partial charge in [0.15, 0.2) is 0 Å². The molecule has 0 spiro atoms. The molecule has 0 aliphatic heterocycles. The summed E-state index contributed by atoms with van der Waals surface area (Å²) < 4.78 is 6.68. The second kappa shape index (κ2) is 9.55. The average Bonchev–Trinajstić information content (AvgIpc) is 2.62. The summed E-state index contributed by atoms with van der Waals surface area (Å²) in [6.07, 6.45) is 0.863. The Labute approximate surface area is 177 Å². The van der Waals surface area contributed by atoms with E-state index in [1.165, 1.54) is 0 Å². The molecule has 28 heavy (non-hydrogen) atoms. The lowest BCUT2D eigenvalue weighted by Gasteiger charge is -2.22. The van der Waals surface area contributed by atoms with Crippen molar-refractivity contribution < 1.29 is 9.53 Å². The van der Waals surface area contributed by atoms with E-state index in [0.717, 1.165) is 33.4 Å². The monoisotopic (exact) mass is 446 g/mol. The summed E-state index contributed by atoms with van der Waals surface area (Å²) in [4.78, 5) is 17.9. The van der Waals surface area contributed by atoms with Crippen molar-refractivity contribution in [2.75, 3.05) is 11.9 Å². The number of nitrogens with zero attached hydrogens (tertiary/aromatic N) is 1. The normalized spacial score (nSPS) is 11.2. The number of hydrogen-bond donors (Lipinski definition) is 1. The van der Waals surface area contributed by atoms with Gasteiger partial charge in [0.05, 0.1) is 22.5 Å². The fraction of sp³-hybridized carbons (Fsp3) is 0.478. The predicted molar refractivity (Wildman–Crippen MR) is 120 cm³/mol. The molecule has 1 aromatic carbocycles. The van der Waals surface area contributed by atoms with Crippen LogP contribution in [0.1, 0.15) is 85.7 Å². The largest absolute Gasteiger partial charge is 0.491 e. The Balaban J connectivity index is 2.56. The Bertz CT molecular complexity index is 834. The van der Waals surface area contributed by atoms with Gasteiger partial charge in [0.1, 0.15) is 11.3 Å². The quantitative estimate of drug-likeness (QED) is 0.511. The van der Waals surface area contributed by atoms with Gasteiger partial charge in [0, 0.05) is 5.69 Å². The summed E-state index contributed by atoms with van der Waals surface area (Å²) in [5.41, 5.74) is 5.12. The van der Waals surface area contributed by atoms with Crippen molar-refractivity contribution >= 4 is 27.5 Å². The van der Waals surface area contributed by atoms with Crippen LogP contribution in [0.25, 0.3) is 0 Å². The van der Waals surface area contributed by atoms with Gasteiger partial charge in [-0.1, -0.05) is 52.8 Å². The third-order valence-electron chi connectivity index (χ3n) is 4.73. The molecule has 0 unspecified atom stereocenters. The topological polar surface area (TPSA) is 51.2 Å². The van der Waals surface area contributed by atoms with Crippen LogP contribution in [0, 0.1) is 13.8 Å². The first kappa shape index (κ1) is 22.4. The van der Waals surface area contributed by atoms with Crippen molar-refractivity contribution in [2.24, 2.45) is 0 Å². The Morgan fingerprint density at radius 1 is 1.11 bits per heavy atom. The summed E-state index contributed by atoms with van der Waals surface area (Å²) in [5.74, 6) is 0.979. The number of pyridine rings is 1. The number of nitrogens with one attached hydrogen (secondary N) is 1. The maximum Gasteiger partial charge on any atom is 0.261 e. The van der Waals surface area contributed by atoms with Crippen LogP contribution in [-0.4, -0.2) is 17.5 Å². The van der Waals surface area contributed by atoms with E-state index in [4.69, 9.17) is 4.74 Å². The molecule has 1 aromatic heterocycles. The van der Waals surface area contributed by atoms with Crippen LogP contribution in [0.4, 0.5) is 5.69 Å². The second-order valence-corrected chi connectivity index (χ2v) is 8.52. The van der Waals surface area contributed by atoms with Gasteiger partial charge in [-0.25, -0.2) is 0 Å². The highest BCUT2D eigenvalue weighted by molar-refractivity contribution is 9.10. The number of carbonyl (C=O) groups is 1. The van der Waals surface area contributed by atoms with Crippen molar-refractivity contribution in [1.82, 2.24) is 4.98 Å². The van der Waals surface area contributed by atoms with Crippen LogP contribution in [0.15, 0.2) is 22.7 Å². The zero-order valence-corrected chi connectivity index (χ0v) is 19.5. The van der Waals surface area contributed by atoms with E-state index in [-0.39, 0.29) is 5.91 Å². The fourth-order valence-electron chi connectivity index (χ4n) is 3.27. The SMILES string of the molecule is CCCOc1c(Br)c(C)nc(C)c1C(=O)Nc1c(C(C)C)cccc1C(C)C. The highest BCUT2D eigenvalue weighted by Crippen LogP contribution is 2.36. The number of rotatable bonds is 7. The highest BCUT2D eigenvalue weighted by Gasteiger charge is 2.24. The minimum absolute atomic E-state index is 0.188. The van der Waals surface area contributed by atoms with Crippen molar-refractivity contribution in [2.45, 2.75) is 66.7 Å². The van der Waals surface area contributed by atoms with Crippen LogP contribution in [0.3, 0.4) is 0 Å². The van der Waals surface area contributed by atoms with E-state index in [0.29, 0.717) is 35.4 Å². The zero-order valence-electron chi connectivity index (χ0n) is 17.9. The van der Waals surface area contributed by atoms with Gasteiger partial charge in [-0.3, -0.25) is 9.78 Å². The molecule has 1 N–H and O–H groups in total. The average molecular weight is 447 g/mol. The van der Waals surface area contributed by atoms with Crippen molar-refractivity contribution in [3.8, 4) is 5.75 Å². The summed E-state index contributed by atoms with van der Waals surface area (Å²) in [7, 11) is 0. The Hall–Kier alpha value is -1.88. The lowest BCUT2D eigenvalue weighted by Crippen LogP contribution is -2.19. The van der Waals surface area contributed by atoms with E-state index in [1.54, 1.807) is 0 Å². The number of carbonyl (C=O) groups excluding carboxylic acids is 1. The third-order valence-corrected chi connectivity index (χ3v) is 5.66. The molecule has 0 fully saturated rings. The number of benzene rings is 1. The van der Waals surface area contributed by atoms with Crippen LogP contribution in [-0.2, 0) is 0 Å². The molecule has 1 heterocycles. The van der Waals surface area contributed by atoms with Crippen LogP contribution >= 0.6 is 15.9 Å². The van der Waals surface area contributed by atoms with Gasteiger partial charge in [-0.15, -0.1) is 0 Å². The predicted octanol–water partition coefficient (Wildman–Crippen LogP) is 6.75. The summed E-state index contributed by atoms with van der Waals surface area (Å²) in [6.45, 7) is 14.9. The van der Waals surface area contributed by atoms with Gasteiger partial charge in [0.25, 0.3) is 5.91 Å². The molecule has 0 aliphatic rings. The third kappa shape index (κ3) is 4.75. The van der Waals surface area contributed by atoms with Gasteiger partial charge >= 0.3 is 0 Å².